The van der Waals surface area contributed by atoms with Crippen LogP contribution in [0.5, 0.6) is 11.5 Å². The molecule has 0 aliphatic rings. The van der Waals surface area contributed by atoms with Gasteiger partial charge in [0.25, 0.3) is 5.91 Å². The number of likely N-dealkylation sites (N-methyl/N-ethyl adjacent to an activating group) is 1. The lowest BCUT2D eigenvalue weighted by Gasteiger charge is -2.19. The van der Waals surface area contributed by atoms with E-state index in [1.807, 2.05) is 24.3 Å². The van der Waals surface area contributed by atoms with Gasteiger partial charge < -0.3 is 14.4 Å². The molecule has 2 aromatic rings. The number of aryl methyl sites for hydroxylation is 1. The number of carbonyl (C=O) groups is 1. The van der Waals surface area contributed by atoms with Crippen molar-refractivity contribution in [2.75, 3.05) is 20.8 Å². The summed E-state index contributed by atoms with van der Waals surface area (Å²) in [5, 5.41) is 0.611. The molecule has 0 aromatic heterocycles. The van der Waals surface area contributed by atoms with Gasteiger partial charge in [0.05, 0.1) is 7.11 Å². The molecule has 5 heteroatoms. The SMILES string of the molecule is CCc1ccccc1OCC(=O)N(C)Cc1cc(Cl)ccc1OC. The zero-order chi connectivity index (χ0) is 17.5. The molecule has 0 atom stereocenters. The van der Waals surface area contributed by atoms with Gasteiger partial charge in [-0.05, 0) is 36.2 Å². The Morgan fingerprint density at radius 1 is 1.12 bits per heavy atom. The number of benzene rings is 2. The Hall–Kier alpha value is -2.20. The molecule has 2 rings (SSSR count). The number of hydrogen-bond donors (Lipinski definition) is 0. The highest BCUT2D eigenvalue weighted by Crippen LogP contribution is 2.24. The van der Waals surface area contributed by atoms with Crippen LogP contribution in [0.15, 0.2) is 42.5 Å². The minimum Gasteiger partial charge on any atom is -0.496 e. The number of hydrogen-bond acceptors (Lipinski definition) is 3. The van der Waals surface area contributed by atoms with Gasteiger partial charge in [-0.3, -0.25) is 4.79 Å². The highest BCUT2D eigenvalue weighted by Gasteiger charge is 2.14. The Kier molecular flexibility index (Phi) is 6.50. The highest BCUT2D eigenvalue weighted by molar-refractivity contribution is 6.30. The van der Waals surface area contributed by atoms with E-state index in [-0.39, 0.29) is 12.5 Å². The molecule has 4 nitrogen and oxygen atoms in total. The van der Waals surface area contributed by atoms with E-state index in [4.69, 9.17) is 21.1 Å². The minimum atomic E-state index is -0.108. The van der Waals surface area contributed by atoms with Crippen molar-refractivity contribution in [1.29, 1.82) is 0 Å². The number of carbonyl (C=O) groups excluding carboxylic acids is 1. The quantitative estimate of drug-likeness (QED) is 0.761. The maximum Gasteiger partial charge on any atom is 0.260 e. The van der Waals surface area contributed by atoms with Crippen molar-refractivity contribution in [2.24, 2.45) is 0 Å². The summed E-state index contributed by atoms with van der Waals surface area (Å²) in [7, 11) is 3.33. The van der Waals surface area contributed by atoms with Crippen molar-refractivity contribution >= 4 is 17.5 Å². The fourth-order valence-electron chi connectivity index (χ4n) is 2.40. The van der Waals surface area contributed by atoms with E-state index in [2.05, 4.69) is 6.92 Å². The number of rotatable bonds is 7. The third-order valence-corrected chi connectivity index (χ3v) is 4.02. The topological polar surface area (TPSA) is 38.8 Å². The maximum absolute atomic E-state index is 12.3. The molecule has 0 saturated carbocycles. The van der Waals surface area contributed by atoms with Crippen molar-refractivity contribution in [3.8, 4) is 11.5 Å². The summed E-state index contributed by atoms with van der Waals surface area (Å²) in [4.78, 5) is 13.9. The van der Waals surface area contributed by atoms with E-state index in [1.54, 1.807) is 37.3 Å². The van der Waals surface area contributed by atoms with E-state index in [1.165, 1.54) is 0 Å². The van der Waals surface area contributed by atoms with Gasteiger partial charge in [0.15, 0.2) is 6.61 Å². The van der Waals surface area contributed by atoms with Crippen LogP contribution in [0.2, 0.25) is 5.02 Å². The molecule has 0 bridgehead atoms. The zero-order valence-electron chi connectivity index (χ0n) is 14.2. The molecule has 0 N–H and O–H groups in total. The largest absolute Gasteiger partial charge is 0.496 e. The second-order valence-corrected chi connectivity index (χ2v) is 5.89. The molecule has 2 aromatic carbocycles. The predicted molar refractivity (Wildman–Crippen MR) is 95.8 cm³/mol. The average molecular weight is 348 g/mol. The molecule has 0 spiro atoms. The third kappa shape index (κ3) is 4.65. The summed E-state index contributed by atoms with van der Waals surface area (Å²) >= 11 is 6.03. The van der Waals surface area contributed by atoms with Gasteiger partial charge in [0.1, 0.15) is 11.5 Å². The third-order valence-electron chi connectivity index (χ3n) is 3.78. The van der Waals surface area contributed by atoms with Crippen molar-refractivity contribution in [3.05, 3.63) is 58.6 Å². The number of para-hydroxylation sites is 1. The number of ether oxygens (including phenoxy) is 2. The molecule has 0 saturated heterocycles. The Bertz CT molecular complexity index is 703. The van der Waals surface area contributed by atoms with Crippen LogP contribution in [0.4, 0.5) is 0 Å². The lowest BCUT2D eigenvalue weighted by Crippen LogP contribution is -2.31. The van der Waals surface area contributed by atoms with Crippen molar-refractivity contribution in [2.45, 2.75) is 19.9 Å². The summed E-state index contributed by atoms with van der Waals surface area (Å²) in [5.74, 6) is 1.35. The highest BCUT2D eigenvalue weighted by atomic mass is 35.5. The minimum absolute atomic E-state index is 0.00358. The van der Waals surface area contributed by atoms with Crippen LogP contribution in [-0.4, -0.2) is 31.6 Å². The first-order valence-corrected chi connectivity index (χ1v) is 8.20. The van der Waals surface area contributed by atoms with Crippen LogP contribution in [0, 0.1) is 0 Å². The van der Waals surface area contributed by atoms with E-state index >= 15 is 0 Å². The molecular weight excluding hydrogens is 326 g/mol. The summed E-state index contributed by atoms with van der Waals surface area (Å²) in [6.45, 7) is 2.46. The smallest absolute Gasteiger partial charge is 0.260 e. The monoisotopic (exact) mass is 347 g/mol. The van der Waals surface area contributed by atoms with Gasteiger partial charge in [0, 0.05) is 24.2 Å². The molecule has 0 aliphatic carbocycles. The van der Waals surface area contributed by atoms with E-state index < -0.39 is 0 Å². The first-order valence-electron chi connectivity index (χ1n) is 7.82. The van der Waals surface area contributed by atoms with Crippen molar-refractivity contribution in [1.82, 2.24) is 4.90 Å². The summed E-state index contributed by atoms with van der Waals surface area (Å²) in [5.41, 5.74) is 1.94. The molecule has 1 amide bonds. The van der Waals surface area contributed by atoms with Gasteiger partial charge in [-0.1, -0.05) is 36.7 Å². The van der Waals surface area contributed by atoms with Crippen LogP contribution >= 0.6 is 11.6 Å². The van der Waals surface area contributed by atoms with Crippen LogP contribution in [0.3, 0.4) is 0 Å². The van der Waals surface area contributed by atoms with E-state index in [9.17, 15) is 4.79 Å². The Balaban J connectivity index is 1.99. The number of halogens is 1. The Labute approximate surface area is 147 Å². The van der Waals surface area contributed by atoms with Gasteiger partial charge in [-0.15, -0.1) is 0 Å². The molecule has 0 heterocycles. The molecule has 0 radical (unpaired) electrons. The number of methoxy groups -OCH3 is 1. The molecule has 0 aliphatic heterocycles. The van der Waals surface area contributed by atoms with Gasteiger partial charge in [-0.2, -0.15) is 0 Å². The maximum atomic E-state index is 12.3. The van der Waals surface area contributed by atoms with Gasteiger partial charge >= 0.3 is 0 Å². The first kappa shape index (κ1) is 18.1. The fourth-order valence-corrected chi connectivity index (χ4v) is 2.60. The lowest BCUT2D eigenvalue weighted by molar-refractivity contribution is -0.132. The molecule has 24 heavy (non-hydrogen) atoms. The predicted octanol–water partition coefficient (Wildman–Crippen LogP) is 3.95. The number of amides is 1. The normalized spacial score (nSPS) is 10.3. The van der Waals surface area contributed by atoms with E-state index in [0.717, 1.165) is 23.3 Å². The zero-order valence-corrected chi connectivity index (χ0v) is 15.0. The van der Waals surface area contributed by atoms with Gasteiger partial charge in [0.2, 0.25) is 0 Å². The molecule has 128 valence electrons. The lowest BCUT2D eigenvalue weighted by atomic mass is 10.1. The second kappa shape index (κ2) is 8.60. The van der Waals surface area contributed by atoms with E-state index in [0.29, 0.717) is 17.3 Å². The molecular formula is C19H22ClNO3. The Morgan fingerprint density at radius 3 is 2.58 bits per heavy atom. The average Bonchev–Trinajstić information content (AvgIpc) is 2.60. The van der Waals surface area contributed by atoms with Crippen LogP contribution < -0.4 is 9.47 Å². The van der Waals surface area contributed by atoms with Crippen molar-refractivity contribution in [3.63, 3.8) is 0 Å². The summed E-state index contributed by atoms with van der Waals surface area (Å²) in [6, 6.07) is 13.1. The van der Waals surface area contributed by atoms with Crippen LogP contribution in [0.1, 0.15) is 18.1 Å². The fraction of sp³-hybridized carbons (Fsp3) is 0.316. The first-order chi connectivity index (χ1) is 11.5. The van der Waals surface area contributed by atoms with Crippen LogP contribution in [0.25, 0.3) is 0 Å². The summed E-state index contributed by atoms with van der Waals surface area (Å²) < 4.78 is 11.0. The molecule has 0 fully saturated rings. The second-order valence-electron chi connectivity index (χ2n) is 5.46. The van der Waals surface area contributed by atoms with Gasteiger partial charge in [-0.25, -0.2) is 0 Å². The summed E-state index contributed by atoms with van der Waals surface area (Å²) in [6.07, 6.45) is 0.861. The standard InChI is InChI=1S/C19H22ClNO3/c1-4-14-7-5-6-8-18(14)24-13-19(22)21(2)12-15-11-16(20)9-10-17(15)23-3/h5-11H,4,12-13H2,1-3H3. The van der Waals surface area contributed by atoms with Crippen LogP contribution in [-0.2, 0) is 17.8 Å². The molecule has 0 unspecified atom stereocenters. The Morgan fingerprint density at radius 2 is 1.88 bits per heavy atom. The number of nitrogens with zero attached hydrogens (tertiary/aromatic N) is 1. The van der Waals surface area contributed by atoms with Crippen molar-refractivity contribution < 1.29 is 14.3 Å².